The van der Waals surface area contributed by atoms with Crippen molar-refractivity contribution in [2.45, 2.75) is 25.3 Å². The van der Waals surface area contributed by atoms with Gasteiger partial charge in [0.05, 0.1) is 29.5 Å². The van der Waals surface area contributed by atoms with E-state index in [2.05, 4.69) is 6.07 Å². The molecule has 1 fully saturated rings. The Labute approximate surface area is 173 Å². The Bertz CT molecular complexity index is 1040. The van der Waals surface area contributed by atoms with Gasteiger partial charge in [-0.2, -0.15) is 0 Å². The van der Waals surface area contributed by atoms with Gasteiger partial charge in [-0.1, -0.05) is 18.2 Å². The standard InChI is InChI=1S/C23H22N2O3S/c26-22(11-9-16-8-10-19-20(15-16)28-14-4-13-27-19)25-12-3-6-18(25)23-24-17-5-1-2-7-21(17)29-23/h1-2,5,7-11,15,18H,3-4,6,12-14H2/b11-9+. The van der Waals surface area contributed by atoms with E-state index in [1.165, 1.54) is 4.70 Å². The van der Waals surface area contributed by atoms with Gasteiger partial charge in [0.2, 0.25) is 5.91 Å². The largest absolute Gasteiger partial charge is 0.490 e. The fourth-order valence-corrected chi connectivity index (χ4v) is 4.98. The number of para-hydroxylation sites is 1. The lowest BCUT2D eigenvalue weighted by Crippen LogP contribution is -2.28. The number of likely N-dealkylation sites (tertiary alicyclic amines) is 1. The number of aromatic nitrogens is 1. The minimum atomic E-state index is 0.0267. The minimum absolute atomic E-state index is 0.0267. The van der Waals surface area contributed by atoms with Crippen LogP contribution < -0.4 is 9.47 Å². The van der Waals surface area contributed by atoms with Crippen LogP contribution in [0.5, 0.6) is 11.5 Å². The van der Waals surface area contributed by atoms with E-state index in [0.717, 1.165) is 53.4 Å². The van der Waals surface area contributed by atoms with Crippen molar-refractivity contribution < 1.29 is 14.3 Å². The molecule has 2 aromatic carbocycles. The van der Waals surface area contributed by atoms with Crippen LogP contribution in [0.4, 0.5) is 0 Å². The molecule has 0 radical (unpaired) electrons. The van der Waals surface area contributed by atoms with Gasteiger partial charge in [0, 0.05) is 19.0 Å². The van der Waals surface area contributed by atoms with Crippen molar-refractivity contribution in [3.63, 3.8) is 0 Å². The van der Waals surface area contributed by atoms with Crippen molar-refractivity contribution in [2.75, 3.05) is 19.8 Å². The topological polar surface area (TPSA) is 51.7 Å². The molecule has 29 heavy (non-hydrogen) atoms. The van der Waals surface area contributed by atoms with E-state index >= 15 is 0 Å². The second-order valence-electron chi connectivity index (χ2n) is 7.30. The number of rotatable bonds is 3. The molecule has 1 aromatic heterocycles. The number of benzene rings is 2. The molecule has 1 amide bonds. The summed E-state index contributed by atoms with van der Waals surface area (Å²) in [6.45, 7) is 2.09. The van der Waals surface area contributed by atoms with Crippen LogP contribution in [-0.2, 0) is 4.79 Å². The maximum absolute atomic E-state index is 12.9. The lowest BCUT2D eigenvalue weighted by atomic mass is 10.2. The summed E-state index contributed by atoms with van der Waals surface area (Å²) in [5, 5.41) is 1.03. The van der Waals surface area contributed by atoms with Gasteiger partial charge >= 0.3 is 0 Å². The number of carbonyl (C=O) groups is 1. The van der Waals surface area contributed by atoms with Crippen molar-refractivity contribution >= 4 is 33.5 Å². The monoisotopic (exact) mass is 406 g/mol. The highest BCUT2D eigenvalue weighted by molar-refractivity contribution is 7.18. The summed E-state index contributed by atoms with van der Waals surface area (Å²) in [5.74, 6) is 1.53. The summed E-state index contributed by atoms with van der Waals surface area (Å²) < 4.78 is 12.6. The lowest BCUT2D eigenvalue weighted by molar-refractivity contribution is -0.126. The molecule has 5 rings (SSSR count). The fourth-order valence-electron chi connectivity index (χ4n) is 3.87. The molecule has 0 bridgehead atoms. The molecule has 2 aliphatic heterocycles. The van der Waals surface area contributed by atoms with Gasteiger partial charge in [-0.15, -0.1) is 11.3 Å². The zero-order valence-corrected chi connectivity index (χ0v) is 16.9. The minimum Gasteiger partial charge on any atom is -0.490 e. The normalized spacial score (nSPS) is 19.0. The van der Waals surface area contributed by atoms with Crippen molar-refractivity contribution in [1.29, 1.82) is 0 Å². The number of ether oxygens (including phenoxy) is 2. The Balaban J connectivity index is 1.34. The third-order valence-corrected chi connectivity index (χ3v) is 6.46. The first-order chi connectivity index (χ1) is 14.3. The summed E-state index contributed by atoms with van der Waals surface area (Å²) in [6.07, 6.45) is 6.35. The van der Waals surface area contributed by atoms with Gasteiger partial charge in [0.1, 0.15) is 5.01 Å². The molecule has 0 N–H and O–H groups in total. The Hall–Kier alpha value is -2.86. The first kappa shape index (κ1) is 18.2. The number of amides is 1. The van der Waals surface area contributed by atoms with E-state index in [4.69, 9.17) is 14.5 Å². The molecule has 1 saturated heterocycles. The van der Waals surface area contributed by atoms with Crippen LogP contribution in [0.1, 0.15) is 35.9 Å². The van der Waals surface area contributed by atoms with E-state index in [1.807, 2.05) is 47.4 Å². The second-order valence-corrected chi connectivity index (χ2v) is 8.36. The predicted molar refractivity (Wildman–Crippen MR) is 114 cm³/mol. The van der Waals surface area contributed by atoms with Gasteiger partial charge in [-0.25, -0.2) is 4.98 Å². The molecule has 3 heterocycles. The third-order valence-electron chi connectivity index (χ3n) is 5.32. The molecule has 148 valence electrons. The van der Waals surface area contributed by atoms with Crippen molar-refractivity contribution in [3.8, 4) is 11.5 Å². The maximum atomic E-state index is 12.9. The maximum Gasteiger partial charge on any atom is 0.247 e. The Morgan fingerprint density at radius 1 is 1.10 bits per heavy atom. The molecule has 3 aromatic rings. The molecule has 1 unspecified atom stereocenters. The molecule has 6 heteroatoms. The molecule has 2 aliphatic rings. The van der Waals surface area contributed by atoms with Crippen LogP contribution in [0.3, 0.4) is 0 Å². The van der Waals surface area contributed by atoms with E-state index in [-0.39, 0.29) is 11.9 Å². The Morgan fingerprint density at radius 3 is 2.86 bits per heavy atom. The highest BCUT2D eigenvalue weighted by atomic mass is 32.1. The van der Waals surface area contributed by atoms with Crippen LogP contribution in [0.25, 0.3) is 16.3 Å². The van der Waals surface area contributed by atoms with Crippen LogP contribution in [0.15, 0.2) is 48.5 Å². The molecule has 1 atom stereocenters. The predicted octanol–water partition coefficient (Wildman–Crippen LogP) is 4.83. The van der Waals surface area contributed by atoms with Gasteiger partial charge < -0.3 is 14.4 Å². The Kier molecular flexibility index (Phi) is 4.94. The number of thiazole rings is 1. The zero-order valence-electron chi connectivity index (χ0n) is 16.0. The highest BCUT2D eigenvalue weighted by Gasteiger charge is 2.31. The SMILES string of the molecule is O=C(/C=C/c1ccc2c(c1)OCCCO2)N1CCCC1c1nc2ccccc2s1. The number of nitrogens with zero attached hydrogens (tertiary/aromatic N) is 2. The first-order valence-corrected chi connectivity index (χ1v) is 10.8. The first-order valence-electron chi connectivity index (χ1n) is 10.0. The average molecular weight is 407 g/mol. The van der Waals surface area contributed by atoms with Gasteiger partial charge in [0.25, 0.3) is 0 Å². The summed E-state index contributed by atoms with van der Waals surface area (Å²) in [6, 6.07) is 14.0. The number of carbonyl (C=O) groups excluding carboxylic acids is 1. The molecular formula is C23H22N2O3S. The summed E-state index contributed by atoms with van der Waals surface area (Å²) in [4.78, 5) is 19.6. The third kappa shape index (κ3) is 3.72. The van der Waals surface area contributed by atoms with E-state index in [0.29, 0.717) is 13.2 Å². The van der Waals surface area contributed by atoms with Gasteiger partial charge in [-0.05, 0) is 48.7 Å². The van der Waals surface area contributed by atoms with Crippen LogP contribution in [0, 0.1) is 0 Å². The van der Waals surface area contributed by atoms with Crippen molar-refractivity contribution in [2.24, 2.45) is 0 Å². The zero-order chi connectivity index (χ0) is 19.6. The van der Waals surface area contributed by atoms with E-state index in [9.17, 15) is 4.79 Å². The van der Waals surface area contributed by atoms with Gasteiger partial charge in [0.15, 0.2) is 11.5 Å². The summed E-state index contributed by atoms with van der Waals surface area (Å²) >= 11 is 1.69. The lowest BCUT2D eigenvalue weighted by Gasteiger charge is -2.21. The second kappa shape index (κ2) is 7.87. The van der Waals surface area contributed by atoms with Crippen LogP contribution >= 0.6 is 11.3 Å². The Morgan fingerprint density at radius 2 is 1.97 bits per heavy atom. The van der Waals surface area contributed by atoms with Crippen molar-refractivity contribution in [1.82, 2.24) is 9.88 Å². The van der Waals surface area contributed by atoms with Crippen LogP contribution in [0.2, 0.25) is 0 Å². The summed E-state index contributed by atoms with van der Waals surface area (Å²) in [7, 11) is 0. The van der Waals surface area contributed by atoms with Crippen molar-refractivity contribution in [3.05, 3.63) is 59.1 Å². The molecule has 5 nitrogen and oxygen atoms in total. The number of fused-ring (bicyclic) bond motifs is 2. The number of hydrogen-bond acceptors (Lipinski definition) is 5. The highest BCUT2D eigenvalue weighted by Crippen LogP contribution is 2.36. The van der Waals surface area contributed by atoms with E-state index < -0.39 is 0 Å². The van der Waals surface area contributed by atoms with E-state index in [1.54, 1.807) is 17.4 Å². The smallest absolute Gasteiger partial charge is 0.247 e. The van der Waals surface area contributed by atoms with Crippen LogP contribution in [-0.4, -0.2) is 35.5 Å². The quantitative estimate of drug-likeness (QED) is 0.585. The molecular weight excluding hydrogens is 384 g/mol. The molecule has 0 aliphatic carbocycles. The molecule has 0 saturated carbocycles. The molecule has 0 spiro atoms. The van der Waals surface area contributed by atoms with Gasteiger partial charge in [-0.3, -0.25) is 4.79 Å². The average Bonchev–Trinajstić information content (AvgIpc) is 3.33. The fraction of sp³-hybridized carbons (Fsp3) is 0.304. The summed E-state index contributed by atoms with van der Waals surface area (Å²) in [5.41, 5.74) is 1.94. The number of hydrogen-bond donors (Lipinski definition) is 0.